The van der Waals surface area contributed by atoms with Crippen LogP contribution in [-0.2, 0) is 27.8 Å². The molecule has 0 aliphatic carbocycles. The topological polar surface area (TPSA) is 72.3 Å². The van der Waals surface area contributed by atoms with Crippen molar-refractivity contribution in [3.8, 4) is 11.3 Å². The molecule has 8 heteroatoms. The van der Waals surface area contributed by atoms with Crippen LogP contribution < -0.4 is 0 Å². The quantitative estimate of drug-likeness (QED) is 0.404. The van der Waals surface area contributed by atoms with Crippen molar-refractivity contribution in [1.82, 2.24) is 13.9 Å². The molecule has 1 amide bonds. The Balaban J connectivity index is 1.74. The zero-order valence-electron chi connectivity index (χ0n) is 17.3. The smallest absolute Gasteiger partial charge is 0.269 e. The Morgan fingerprint density at radius 1 is 1.03 bits per heavy atom. The zero-order valence-corrected chi connectivity index (χ0v) is 19.7. The summed E-state index contributed by atoms with van der Waals surface area (Å²) < 4.78 is 29.5. The van der Waals surface area contributed by atoms with Gasteiger partial charge >= 0.3 is 0 Å². The van der Waals surface area contributed by atoms with Crippen LogP contribution in [0.15, 0.2) is 76.2 Å². The standard InChI is InChI=1S/C24H20BrN3O3S/c1-16(29)27-12-10-17-7-8-18(13-19(17)15-27)23-14-21-22(25)9-11-26-24(21)28(23)32(30,31)20-5-3-2-4-6-20/h2-9,11,13-14H,10,12,15H2,1H3. The maximum atomic E-state index is 13.7. The average molecular weight is 510 g/mol. The third-order valence-electron chi connectivity index (χ3n) is 5.85. The molecule has 0 saturated heterocycles. The van der Waals surface area contributed by atoms with Gasteiger partial charge in [0, 0.05) is 36.1 Å². The number of amides is 1. The number of pyridine rings is 1. The molecule has 4 aromatic rings. The lowest BCUT2D eigenvalue weighted by Crippen LogP contribution is -2.34. The van der Waals surface area contributed by atoms with E-state index in [-0.39, 0.29) is 10.8 Å². The molecule has 0 spiro atoms. The molecule has 1 aliphatic rings. The van der Waals surface area contributed by atoms with Gasteiger partial charge < -0.3 is 4.90 Å². The first kappa shape index (κ1) is 20.9. The average Bonchev–Trinajstić information content (AvgIpc) is 3.21. The SMILES string of the molecule is CC(=O)N1CCc2ccc(-c3cc4c(Br)ccnc4n3S(=O)(=O)c3ccccc3)cc2C1. The lowest BCUT2D eigenvalue weighted by Gasteiger charge is -2.28. The highest BCUT2D eigenvalue weighted by Gasteiger charge is 2.26. The Hall–Kier alpha value is -2.97. The van der Waals surface area contributed by atoms with Gasteiger partial charge in [0.15, 0.2) is 5.65 Å². The maximum absolute atomic E-state index is 13.7. The Bertz CT molecular complexity index is 1460. The molecule has 0 atom stereocenters. The van der Waals surface area contributed by atoms with Crippen LogP contribution in [0.5, 0.6) is 0 Å². The van der Waals surface area contributed by atoms with E-state index < -0.39 is 10.0 Å². The number of rotatable bonds is 3. The molecular formula is C24H20BrN3O3S. The highest BCUT2D eigenvalue weighted by Crippen LogP contribution is 2.35. The van der Waals surface area contributed by atoms with Gasteiger partial charge in [0.1, 0.15) is 0 Å². The van der Waals surface area contributed by atoms with E-state index in [1.807, 2.05) is 24.3 Å². The number of carbonyl (C=O) groups is 1. The summed E-state index contributed by atoms with van der Waals surface area (Å²) in [7, 11) is -3.89. The fourth-order valence-corrected chi connectivity index (χ4v) is 6.08. The van der Waals surface area contributed by atoms with E-state index >= 15 is 0 Å². The van der Waals surface area contributed by atoms with Crippen molar-refractivity contribution in [2.45, 2.75) is 24.8 Å². The number of nitrogens with zero attached hydrogens (tertiary/aromatic N) is 3. The molecule has 0 bridgehead atoms. The summed E-state index contributed by atoms with van der Waals surface area (Å²) in [5.74, 6) is 0.0370. The van der Waals surface area contributed by atoms with Crippen LogP contribution in [0.4, 0.5) is 0 Å². The molecule has 5 rings (SSSR count). The number of fused-ring (bicyclic) bond motifs is 2. The van der Waals surface area contributed by atoms with Gasteiger partial charge in [0.25, 0.3) is 10.0 Å². The predicted molar refractivity (Wildman–Crippen MR) is 127 cm³/mol. The highest BCUT2D eigenvalue weighted by atomic mass is 79.9. The van der Waals surface area contributed by atoms with Crippen molar-refractivity contribution < 1.29 is 13.2 Å². The molecule has 162 valence electrons. The maximum Gasteiger partial charge on any atom is 0.269 e. The Morgan fingerprint density at radius 3 is 2.56 bits per heavy atom. The first-order valence-electron chi connectivity index (χ1n) is 10.2. The molecule has 0 N–H and O–H groups in total. The van der Waals surface area contributed by atoms with Gasteiger partial charge in [0.2, 0.25) is 5.91 Å². The number of aromatic nitrogens is 2. The number of carbonyl (C=O) groups excluding carboxylic acids is 1. The Kier molecular flexibility index (Phi) is 5.14. The molecular weight excluding hydrogens is 490 g/mol. The molecule has 0 fully saturated rings. The second-order valence-electron chi connectivity index (χ2n) is 7.82. The van der Waals surface area contributed by atoms with E-state index in [4.69, 9.17) is 0 Å². The van der Waals surface area contributed by atoms with Gasteiger partial charge in [-0.25, -0.2) is 17.4 Å². The van der Waals surface area contributed by atoms with Gasteiger partial charge in [-0.15, -0.1) is 0 Å². The van der Waals surface area contributed by atoms with Crippen molar-refractivity contribution in [1.29, 1.82) is 0 Å². The summed E-state index contributed by atoms with van der Waals surface area (Å²) >= 11 is 3.53. The minimum Gasteiger partial charge on any atom is -0.338 e. The largest absolute Gasteiger partial charge is 0.338 e. The lowest BCUT2D eigenvalue weighted by molar-refractivity contribution is -0.129. The number of hydrogen-bond acceptors (Lipinski definition) is 4. The van der Waals surface area contributed by atoms with Crippen LogP contribution in [0.25, 0.3) is 22.3 Å². The summed E-state index contributed by atoms with van der Waals surface area (Å²) in [5.41, 5.74) is 3.87. The van der Waals surface area contributed by atoms with Crippen LogP contribution >= 0.6 is 15.9 Å². The molecule has 0 unspecified atom stereocenters. The van der Waals surface area contributed by atoms with Crippen molar-refractivity contribution in [3.63, 3.8) is 0 Å². The zero-order chi connectivity index (χ0) is 22.5. The van der Waals surface area contributed by atoms with Gasteiger partial charge in [-0.05, 0) is 69.4 Å². The number of benzene rings is 2. The minimum atomic E-state index is -3.89. The third kappa shape index (κ3) is 3.43. The molecule has 2 aromatic heterocycles. The van der Waals surface area contributed by atoms with Crippen LogP contribution in [0.2, 0.25) is 0 Å². The van der Waals surface area contributed by atoms with E-state index in [0.717, 1.165) is 22.0 Å². The second kappa shape index (κ2) is 7.86. The highest BCUT2D eigenvalue weighted by molar-refractivity contribution is 9.10. The Labute approximate surface area is 194 Å². The Morgan fingerprint density at radius 2 is 1.81 bits per heavy atom. The van der Waals surface area contributed by atoms with Gasteiger partial charge in [-0.1, -0.05) is 30.3 Å². The lowest BCUT2D eigenvalue weighted by atomic mass is 9.96. The number of hydrogen-bond donors (Lipinski definition) is 0. The van der Waals surface area contributed by atoms with Gasteiger partial charge in [0.05, 0.1) is 10.6 Å². The molecule has 2 aromatic carbocycles. The second-order valence-corrected chi connectivity index (χ2v) is 10.5. The number of halogens is 1. The fourth-order valence-electron chi connectivity index (χ4n) is 4.17. The van der Waals surface area contributed by atoms with Crippen molar-refractivity contribution in [2.75, 3.05) is 6.54 Å². The normalized spacial score (nSPS) is 13.9. The summed E-state index contributed by atoms with van der Waals surface area (Å²) in [5, 5.41) is 0.713. The molecule has 0 radical (unpaired) electrons. The van der Waals surface area contributed by atoms with E-state index in [1.165, 1.54) is 9.54 Å². The van der Waals surface area contributed by atoms with Crippen molar-refractivity contribution >= 4 is 42.9 Å². The summed E-state index contributed by atoms with van der Waals surface area (Å²) in [4.78, 5) is 18.3. The van der Waals surface area contributed by atoms with Crippen LogP contribution in [0.1, 0.15) is 18.1 Å². The monoisotopic (exact) mass is 509 g/mol. The molecule has 1 aliphatic heterocycles. The first-order valence-corrected chi connectivity index (χ1v) is 12.4. The summed E-state index contributed by atoms with van der Waals surface area (Å²) in [6, 6.07) is 18.0. The molecule has 6 nitrogen and oxygen atoms in total. The van der Waals surface area contributed by atoms with E-state index in [0.29, 0.717) is 29.8 Å². The van der Waals surface area contributed by atoms with E-state index in [9.17, 15) is 13.2 Å². The summed E-state index contributed by atoms with van der Waals surface area (Å²) in [6.45, 7) is 2.79. The first-order chi connectivity index (χ1) is 15.4. The van der Waals surface area contributed by atoms with E-state index in [2.05, 4.69) is 20.9 Å². The fraction of sp³-hybridized carbons (Fsp3) is 0.167. The predicted octanol–water partition coefficient (Wildman–Crippen LogP) is 4.61. The van der Waals surface area contributed by atoms with Crippen molar-refractivity contribution in [2.24, 2.45) is 0 Å². The molecule has 32 heavy (non-hydrogen) atoms. The van der Waals surface area contributed by atoms with Crippen molar-refractivity contribution in [3.05, 3.63) is 82.5 Å². The third-order valence-corrected chi connectivity index (χ3v) is 8.26. The van der Waals surface area contributed by atoms with Gasteiger partial charge in [-0.2, -0.15) is 0 Å². The summed E-state index contributed by atoms with van der Waals surface area (Å²) in [6.07, 6.45) is 2.37. The van der Waals surface area contributed by atoms with Crippen LogP contribution in [0, 0.1) is 0 Å². The minimum absolute atomic E-state index is 0.0370. The molecule has 3 heterocycles. The molecule has 0 saturated carbocycles. The van der Waals surface area contributed by atoms with Gasteiger partial charge in [-0.3, -0.25) is 4.79 Å². The van der Waals surface area contributed by atoms with Crippen LogP contribution in [0.3, 0.4) is 0 Å². The van der Waals surface area contributed by atoms with Crippen LogP contribution in [-0.4, -0.2) is 34.7 Å². The van der Waals surface area contributed by atoms with E-state index in [1.54, 1.807) is 54.4 Å².